The van der Waals surface area contributed by atoms with E-state index in [1.165, 1.54) is 19.2 Å². The number of nitrogens with zero attached hydrogens (tertiary/aromatic N) is 1. The summed E-state index contributed by atoms with van der Waals surface area (Å²) < 4.78 is 19.0. The molecule has 1 aromatic carbocycles. The SMILES string of the molecule is COc1cc(F)cc2[nH]c(C(=O)NC(CC3CC3)C(=O)NC(C#N)CC3CC(C)(C)NC3=O)cc12. The van der Waals surface area contributed by atoms with Gasteiger partial charge in [0.05, 0.1) is 18.7 Å². The van der Waals surface area contributed by atoms with E-state index in [2.05, 4.69) is 27.0 Å². The van der Waals surface area contributed by atoms with Gasteiger partial charge in [-0.2, -0.15) is 5.26 Å². The second-order valence-corrected chi connectivity index (χ2v) is 10.2. The largest absolute Gasteiger partial charge is 0.496 e. The van der Waals surface area contributed by atoms with Crippen molar-refractivity contribution in [3.05, 3.63) is 29.7 Å². The smallest absolute Gasteiger partial charge is 0.268 e. The molecule has 1 aromatic heterocycles. The van der Waals surface area contributed by atoms with E-state index in [0.717, 1.165) is 12.8 Å². The Kier molecular flexibility index (Phi) is 6.70. The normalized spacial score (nSPS) is 20.5. The van der Waals surface area contributed by atoms with Crippen LogP contribution < -0.4 is 20.7 Å². The lowest BCUT2D eigenvalue weighted by Gasteiger charge is -2.21. The number of halogens is 1. The van der Waals surface area contributed by atoms with Crippen LogP contribution in [0.25, 0.3) is 10.9 Å². The number of aromatic amines is 1. The predicted molar refractivity (Wildman–Crippen MR) is 126 cm³/mol. The Balaban J connectivity index is 1.45. The van der Waals surface area contributed by atoms with Crippen molar-refractivity contribution in [2.45, 2.75) is 63.6 Å². The third kappa shape index (κ3) is 5.73. The molecule has 2 fully saturated rings. The Bertz CT molecular complexity index is 1200. The highest BCUT2D eigenvalue weighted by Crippen LogP contribution is 2.34. The highest BCUT2D eigenvalue weighted by molar-refractivity contribution is 6.01. The average molecular weight is 484 g/mol. The van der Waals surface area contributed by atoms with Crippen LogP contribution in [0.15, 0.2) is 18.2 Å². The molecule has 3 unspecified atom stereocenters. The molecule has 0 bridgehead atoms. The quantitative estimate of drug-likeness (QED) is 0.435. The van der Waals surface area contributed by atoms with Crippen molar-refractivity contribution in [1.82, 2.24) is 20.9 Å². The van der Waals surface area contributed by atoms with Crippen LogP contribution in [-0.4, -0.2) is 47.4 Å². The average Bonchev–Trinajstić information content (AvgIpc) is 3.44. The molecule has 2 heterocycles. The molecule has 3 amide bonds. The first-order chi connectivity index (χ1) is 16.6. The van der Waals surface area contributed by atoms with Gasteiger partial charge in [-0.05, 0) is 51.2 Å². The standard InChI is InChI=1S/C25H30FN5O4/c1-25(2)11-14(22(32)31-25)7-16(12-27)28-23(33)19(6-13-4-5-13)30-24(34)20-10-17-18(29-20)8-15(26)9-21(17)35-3/h8-10,13-14,16,19,29H,4-7,11H2,1-3H3,(H,28,33)(H,30,34)(H,31,32). The summed E-state index contributed by atoms with van der Waals surface area (Å²) in [5.74, 6) is -1.37. The summed E-state index contributed by atoms with van der Waals surface area (Å²) in [6.45, 7) is 3.83. The van der Waals surface area contributed by atoms with Crippen molar-refractivity contribution in [2.24, 2.45) is 11.8 Å². The minimum absolute atomic E-state index is 0.127. The summed E-state index contributed by atoms with van der Waals surface area (Å²) in [6.07, 6.45) is 3.18. The molecule has 1 saturated carbocycles. The van der Waals surface area contributed by atoms with Crippen molar-refractivity contribution in [3.8, 4) is 11.8 Å². The maximum absolute atomic E-state index is 13.8. The van der Waals surface area contributed by atoms with Crippen LogP contribution in [0, 0.1) is 29.0 Å². The third-order valence-corrected chi connectivity index (χ3v) is 6.60. The number of hydrogen-bond donors (Lipinski definition) is 4. The molecule has 0 spiro atoms. The van der Waals surface area contributed by atoms with E-state index < -0.39 is 29.7 Å². The number of aromatic nitrogens is 1. The number of rotatable bonds is 9. The maximum Gasteiger partial charge on any atom is 0.268 e. The first-order valence-corrected chi connectivity index (χ1v) is 11.8. The van der Waals surface area contributed by atoms with E-state index in [4.69, 9.17) is 4.74 Å². The van der Waals surface area contributed by atoms with Crippen LogP contribution in [0.5, 0.6) is 5.75 Å². The molecule has 1 saturated heterocycles. The molecule has 35 heavy (non-hydrogen) atoms. The number of ether oxygens (including phenoxy) is 1. The van der Waals surface area contributed by atoms with Gasteiger partial charge in [0.2, 0.25) is 11.8 Å². The highest BCUT2D eigenvalue weighted by atomic mass is 19.1. The molecule has 10 heteroatoms. The van der Waals surface area contributed by atoms with Crippen LogP contribution in [0.2, 0.25) is 0 Å². The minimum Gasteiger partial charge on any atom is -0.496 e. The number of nitriles is 1. The summed E-state index contributed by atoms with van der Waals surface area (Å²) in [4.78, 5) is 41.2. The Hall–Kier alpha value is -3.61. The van der Waals surface area contributed by atoms with Crippen molar-refractivity contribution in [1.29, 1.82) is 5.26 Å². The van der Waals surface area contributed by atoms with Gasteiger partial charge >= 0.3 is 0 Å². The van der Waals surface area contributed by atoms with E-state index in [-0.39, 0.29) is 29.5 Å². The number of amides is 3. The Morgan fingerprint density at radius 2 is 2.00 bits per heavy atom. The van der Waals surface area contributed by atoms with Crippen molar-refractivity contribution >= 4 is 28.6 Å². The number of hydrogen-bond acceptors (Lipinski definition) is 5. The van der Waals surface area contributed by atoms with E-state index in [9.17, 15) is 24.0 Å². The zero-order chi connectivity index (χ0) is 25.3. The van der Waals surface area contributed by atoms with E-state index in [1.807, 2.05) is 13.8 Å². The Labute approximate surface area is 202 Å². The highest BCUT2D eigenvalue weighted by Gasteiger charge is 2.39. The number of H-pyrrole nitrogens is 1. The van der Waals surface area contributed by atoms with Crippen molar-refractivity contribution in [2.75, 3.05) is 7.11 Å². The molecule has 186 valence electrons. The van der Waals surface area contributed by atoms with Crippen LogP contribution in [0.4, 0.5) is 4.39 Å². The summed E-state index contributed by atoms with van der Waals surface area (Å²) in [5.41, 5.74) is 0.219. The molecule has 4 rings (SSSR count). The molecule has 0 radical (unpaired) electrons. The van der Waals surface area contributed by atoms with E-state index >= 15 is 0 Å². The lowest BCUT2D eigenvalue weighted by Crippen LogP contribution is -2.50. The summed E-state index contributed by atoms with van der Waals surface area (Å²) >= 11 is 0. The number of fused-ring (bicyclic) bond motifs is 1. The maximum atomic E-state index is 13.8. The van der Waals surface area contributed by atoms with Crippen LogP contribution >= 0.6 is 0 Å². The van der Waals surface area contributed by atoms with Gasteiger partial charge in [0.1, 0.15) is 29.3 Å². The van der Waals surface area contributed by atoms with Crippen LogP contribution in [0.1, 0.15) is 56.4 Å². The first kappa shape index (κ1) is 24.5. The molecule has 2 aromatic rings. The minimum atomic E-state index is -0.855. The Morgan fingerprint density at radius 1 is 1.26 bits per heavy atom. The predicted octanol–water partition coefficient (Wildman–Crippen LogP) is 2.53. The zero-order valence-corrected chi connectivity index (χ0v) is 20.0. The second-order valence-electron chi connectivity index (χ2n) is 10.2. The third-order valence-electron chi connectivity index (χ3n) is 6.60. The second kappa shape index (κ2) is 9.56. The lowest BCUT2D eigenvalue weighted by molar-refractivity contribution is -0.125. The number of carbonyl (C=O) groups excluding carboxylic acids is 3. The topological polar surface area (TPSA) is 136 Å². The van der Waals surface area contributed by atoms with Gasteiger partial charge in [0, 0.05) is 22.9 Å². The van der Waals surface area contributed by atoms with E-state index in [0.29, 0.717) is 35.4 Å². The molecule has 3 atom stereocenters. The lowest BCUT2D eigenvalue weighted by atomic mass is 9.92. The van der Waals surface area contributed by atoms with E-state index in [1.54, 1.807) is 6.07 Å². The summed E-state index contributed by atoms with van der Waals surface area (Å²) in [7, 11) is 1.42. The number of nitrogens with one attached hydrogen (secondary N) is 4. The summed E-state index contributed by atoms with van der Waals surface area (Å²) in [6, 6.07) is 4.42. The molecule has 4 N–H and O–H groups in total. The van der Waals surface area contributed by atoms with Gasteiger partial charge in [-0.1, -0.05) is 12.8 Å². The van der Waals surface area contributed by atoms with Gasteiger partial charge in [-0.3, -0.25) is 14.4 Å². The molecular weight excluding hydrogens is 453 g/mol. The van der Waals surface area contributed by atoms with Crippen LogP contribution in [0.3, 0.4) is 0 Å². The fourth-order valence-electron chi connectivity index (χ4n) is 4.70. The Morgan fingerprint density at radius 3 is 2.60 bits per heavy atom. The van der Waals surface area contributed by atoms with Gasteiger partial charge in [0.25, 0.3) is 5.91 Å². The molecule has 2 aliphatic rings. The number of methoxy groups -OCH3 is 1. The summed E-state index contributed by atoms with van der Waals surface area (Å²) in [5, 5.41) is 18.5. The first-order valence-electron chi connectivity index (χ1n) is 11.8. The monoisotopic (exact) mass is 483 g/mol. The molecule has 1 aliphatic carbocycles. The number of benzene rings is 1. The fourth-order valence-corrected chi connectivity index (χ4v) is 4.70. The van der Waals surface area contributed by atoms with Gasteiger partial charge in [-0.25, -0.2) is 4.39 Å². The fraction of sp³-hybridized carbons (Fsp3) is 0.520. The van der Waals surface area contributed by atoms with Crippen molar-refractivity contribution in [3.63, 3.8) is 0 Å². The number of carbonyl (C=O) groups is 3. The molecular formula is C25H30FN5O4. The zero-order valence-electron chi connectivity index (χ0n) is 20.0. The van der Waals surface area contributed by atoms with Crippen molar-refractivity contribution < 1.29 is 23.5 Å². The van der Waals surface area contributed by atoms with Gasteiger partial charge < -0.3 is 25.7 Å². The molecule has 9 nitrogen and oxygen atoms in total. The molecule has 1 aliphatic heterocycles. The van der Waals surface area contributed by atoms with Gasteiger partial charge in [-0.15, -0.1) is 0 Å². The van der Waals surface area contributed by atoms with Gasteiger partial charge in [0.15, 0.2) is 0 Å². The van der Waals surface area contributed by atoms with Crippen LogP contribution in [-0.2, 0) is 9.59 Å².